The molecule has 498 valence electrons. The second kappa shape index (κ2) is 64.6. The Morgan fingerprint density at radius 3 is 1.00 bits per heavy atom. The molecule has 9 nitrogen and oxygen atoms in total. The first-order valence-electron chi connectivity index (χ1n) is 37.6. The van der Waals surface area contributed by atoms with Crippen LogP contribution in [0.2, 0.25) is 0 Å². The summed E-state index contributed by atoms with van der Waals surface area (Å²) in [5.74, 6) is -0.177. The lowest BCUT2D eigenvalue weighted by molar-refractivity contribution is -0.302. The van der Waals surface area contributed by atoms with E-state index in [1.54, 1.807) is 6.08 Å². The molecule has 1 saturated heterocycles. The maximum absolute atomic E-state index is 13.1. The molecule has 1 amide bonds. The summed E-state index contributed by atoms with van der Waals surface area (Å²) in [7, 11) is 0. The zero-order valence-electron chi connectivity index (χ0n) is 55.9. The van der Waals surface area contributed by atoms with Crippen LogP contribution >= 0.6 is 0 Å². The molecule has 1 heterocycles. The van der Waals surface area contributed by atoms with E-state index in [9.17, 15) is 30.3 Å². The average Bonchev–Trinajstić information content (AvgIpc) is 3.69. The normalized spacial score (nSPS) is 18.2. The summed E-state index contributed by atoms with van der Waals surface area (Å²) >= 11 is 0. The van der Waals surface area contributed by atoms with E-state index in [0.29, 0.717) is 6.42 Å². The van der Waals surface area contributed by atoms with Gasteiger partial charge in [0, 0.05) is 6.42 Å². The van der Waals surface area contributed by atoms with Crippen LogP contribution in [-0.2, 0) is 14.3 Å². The topological polar surface area (TPSA) is 149 Å². The van der Waals surface area contributed by atoms with Crippen LogP contribution in [0.1, 0.15) is 393 Å². The molecule has 0 aliphatic carbocycles. The van der Waals surface area contributed by atoms with Gasteiger partial charge in [0.15, 0.2) is 6.29 Å². The summed E-state index contributed by atoms with van der Waals surface area (Å²) < 4.78 is 11.3. The summed E-state index contributed by atoms with van der Waals surface area (Å²) in [5.41, 5.74) is 0. The molecule has 7 atom stereocenters. The zero-order chi connectivity index (χ0) is 60.7. The number of hydrogen-bond acceptors (Lipinski definition) is 8. The number of allylic oxidation sites excluding steroid dienone is 3. The molecule has 1 rings (SSSR count). The molecule has 0 saturated carbocycles. The number of aliphatic hydroxyl groups is 5. The number of carbonyl (C=O) groups excluding carboxylic acids is 1. The average molecular weight is 1190 g/mol. The fourth-order valence-corrected chi connectivity index (χ4v) is 12.4. The molecule has 0 aromatic carbocycles. The molecular formula is C75H145NO8. The van der Waals surface area contributed by atoms with Crippen LogP contribution in [-0.4, -0.2) is 87.5 Å². The minimum atomic E-state index is -1.57. The number of amides is 1. The second-order valence-corrected chi connectivity index (χ2v) is 26.4. The summed E-state index contributed by atoms with van der Waals surface area (Å²) in [6.45, 7) is 3.83. The highest BCUT2D eigenvalue weighted by Gasteiger charge is 2.44. The van der Waals surface area contributed by atoms with Crippen LogP contribution in [0.3, 0.4) is 0 Å². The molecule has 0 aromatic rings. The Morgan fingerprint density at radius 2 is 0.679 bits per heavy atom. The Labute approximate surface area is 521 Å². The Morgan fingerprint density at radius 1 is 0.393 bits per heavy atom. The second-order valence-electron chi connectivity index (χ2n) is 26.4. The fourth-order valence-electron chi connectivity index (χ4n) is 12.4. The summed E-state index contributed by atoms with van der Waals surface area (Å²) in [5, 5.41) is 54.8. The number of ether oxygens (including phenoxy) is 2. The smallest absolute Gasteiger partial charge is 0.220 e. The zero-order valence-corrected chi connectivity index (χ0v) is 55.9. The number of carbonyl (C=O) groups is 1. The van der Waals surface area contributed by atoms with E-state index in [4.69, 9.17) is 9.47 Å². The van der Waals surface area contributed by atoms with E-state index < -0.39 is 49.5 Å². The predicted molar refractivity (Wildman–Crippen MR) is 360 cm³/mol. The predicted octanol–water partition coefficient (Wildman–Crippen LogP) is 20.8. The number of aliphatic hydroxyl groups excluding tert-OH is 5. The standard InChI is InChI=1S/C75H145NO8/c1-3-5-7-9-11-13-15-17-19-21-23-25-27-29-31-33-34-35-37-38-40-42-44-46-48-50-52-54-56-58-60-62-64-69(78)68(67-83-75-74(82)73(81)72(80)70(66-77)84-75)76-71(79)65-63-61-59-57-55-53-51-49-47-45-43-41-39-36-32-30-28-26-24-22-20-18-16-14-12-10-8-6-4-2/h54,56,62,64,68-70,72-75,77-78,80-82H,3-53,55,57-61,63,65-67H2,1-2H3,(H,76,79)/b56-54+,64-62+. The SMILES string of the molecule is CCCCCCCCCCCCCCCCCCCCCCCCCCCC/C=C/CC/C=C/C(O)C(COC1OC(CO)C(O)C(O)C1O)NC(=O)CCCCCCCCCCCCCCCCCCCCCCCCCCCCCCC. The summed E-state index contributed by atoms with van der Waals surface area (Å²) in [4.78, 5) is 13.1. The summed E-state index contributed by atoms with van der Waals surface area (Å²) in [6.07, 6.45) is 78.9. The third-order valence-corrected chi connectivity index (χ3v) is 18.3. The van der Waals surface area contributed by atoms with Crippen molar-refractivity contribution in [2.45, 2.75) is 436 Å². The van der Waals surface area contributed by atoms with Crippen LogP contribution in [0.15, 0.2) is 24.3 Å². The van der Waals surface area contributed by atoms with Gasteiger partial charge in [-0.3, -0.25) is 4.79 Å². The van der Waals surface area contributed by atoms with Crippen LogP contribution in [0.5, 0.6) is 0 Å². The van der Waals surface area contributed by atoms with Crippen molar-refractivity contribution in [1.82, 2.24) is 5.32 Å². The van der Waals surface area contributed by atoms with E-state index in [0.717, 1.165) is 38.5 Å². The highest BCUT2D eigenvalue weighted by Crippen LogP contribution is 2.24. The number of hydrogen-bond donors (Lipinski definition) is 6. The minimum absolute atomic E-state index is 0.177. The number of nitrogens with one attached hydrogen (secondary N) is 1. The van der Waals surface area contributed by atoms with Gasteiger partial charge in [0.2, 0.25) is 5.91 Å². The van der Waals surface area contributed by atoms with Crippen LogP contribution in [0.25, 0.3) is 0 Å². The number of unbranched alkanes of at least 4 members (excludes halogenated alkanes) is 55. The molecule has 9 heteroatoms. The van der Waals surface area contributed by atoms with Crippen molar-refractivity contribution in [3.63, 3.8) is 0 Å². The van der Waals surface area contributed by atoms with Gasteiger partial charge in [-0.1, -0.05) is 378 Å². The van der Waals surface area contributed by atoms with Crippen molar-refractivity contribution < 1.29 is 39.8 Å². The van der Waals surface area contributed by atoms with Gasteiger partial charge in [0.25, 0.3) is 0 Å². The molecule has 84 heavy (non-hydrogen) atoms. The molecule has 0 spiro atoms. The molecular weight excluding hydrogens is 1040 g/mol. The van der Waals surface area contributed by atoms with E-state index in [2.05, 4.69) is 31.3 Å². The van der Waals surface area contributed by atoms with Crippen LogP contribution in [0, 0.1) is 0 Å². The van der Waals surface area contributed by atoms with Gasteiger partial charge in [-0.2, -0.15) is 0 Å². The molecule has 6 N–H and O–H groups in total. The van der Waals surface area contributed by atoms with Crippen molar-refractivity contribution >= 4 is 5.91 Å². The van der Waals surface area contributed by atoms with Crippen LogP contribution in [0.4, 0.5) is 0 Å². The van der Waals surface area contributed by atoms with Gasteiger partial charge in [0.05, 0.1) is 25.4 Å². The van der Waals surface area contributed by atoms with Gasteiger partial charge < -0.3 is 40.3 Å². The van der Waals surface area contributed by atoms with Crippen molar-refractivity contribution in [2.75, 3.05) is 13.2 Å². The molecule has 0 bridgehead atoms. The Bertz CT molecular complexity index is 1380. The Balaban J connectivity index is 2.11. The first-order chi connectivity index (χ1) is 41.3. The fraction of sp³-hybridized carbons (Fsp3) is 0.933. The largest absolute Gasteiger partial charge is 0.394 e. The van der Waals surface area contributed by atoms with Gasteiger partial charge in [-0.25, -0.2) is 0 Å². The van der Waals surface area contributed by atoms with Crippen molar-refractivity contribution in [2.24, 2.45) is 0 Å². The first kappa shape index (κ1) is 80.7. The van der Waals surface area contributed by atoms with E-state index in [-0.39, 0.29) is 12.5 Å². The highest BCUT2D eigenvalue weighted by atomic mass is 16.7. The van der Waals surface area contributed by atoms with Crippen molar-refractivity contribution in [3.8, 4) is 0 Å². The molecule has 0 aromatic heterocycles. The molecule has 1 aliphatic heterocycles. The third kappa shape index (κ3) is 52.6. The maximum atomic E-state index is 13.1. The maximum Gasteiger partial charge on any atom is 0.220 e. The quantitative estimate of drug-likeness (QED) is 0.0261. The first-order valence-corrected chi connectivity index (χ1v) is 37.6. The minimum Gasteiger partial charge on any atom is -0.394 e. The van der Waals surface area contributed by atoms with Crippen LogP contribution < -0.4 is 5.32 Å². The lowest BCUT2D eigenvalue weighted by atomic mass is 9.99. The highest BCUT2D eigenvalue weighted by molar-refractivity contribution is 5.76. The molecule has 1 aliphatic rings. The van der Waals surface area contributed by atoms with E-state index in [1.807, 2.05) is 6.08 Å². The van der Waals surface area contributed by atoms with Crippen molar-refractivity contribution in [3.05, 3.63) is 24.3 Å². The van der Waals surface area contributed by atoms with Gasteiger partial charge >= 0.3 is 0 Å². The molecule has 1 fully saturated rings. The lowest BCUT2D eigenvalue weighted by Crippen LogP contribution is -2.60. The monoisotopic (exact) mass is 1190 g/mol. The molecule has 0 radical (unpaired) electrons. The summed E-state index contributed by atoms with van der Waals surface area (Å²) in [6, 6.07) is -0.821. The third-order valence-electron chi connectivity index (χ3n) is 18.3. The van der Waals surface area contributed by atoms with Gasteiger partial charge in [0.1, 0.15) is 24.4 Å². The Hall–Kier alpha value is -1.33. The number of rotatable bonds is 67. The molecule has 7 unspecified atom stereocenters. The van der Waals surface area contributed by atoms with E-state index in [1.165, 1.54) is 334 Å². The van der Waals surface area contributed by atoms with Gasteiger partial charge in [-0.15, -0.1) is 0 Å². The lowest BCUT2D eigenvalue weighted by Gasteiger charge is -2.40. The van der Waals surface area contributed by atoms with Crippen molar-refractivity contribution in [1.29, 1.82) is 0 Å². The van der Waals surface area contributed by atoms with E-state index >= 15 is 0 Å². The van der Waals surface area contributed by atoms with Gasteiger partial charge in [-0.05, 0) is 32.1 Å². The Kier molecular flexibility index (Phi) is 62.1.